The summed E-state index contributed by atoms with van der Waals surface area (Å²) in [4.78, 5) is 29.3. The summed E-state index contributed by atoms with van der Waals surface area (Å²) < 4.78 is 2.24. The van der Waals surface area contributed by atoms with E-state index in [4.69, 9.17) is 20.7 Å². The second kappa shape index (κ2) is 14.0. The van der Waals surface area contributed by atoms with Crippen molar-refractivity contribution < 1.29 is 9.90 Å². The maximum atomic E-state index is 12.9. The number of imidazole rings is 1. The molecule has 1 atom stereocenters. The first kappa shape index (κ1) is 31.3. The van der Waals surface area contributed by atoms with Gasteiger partial charge in [-0.15, -0.1) is 24.8 Å². The van der Waals surface area contributed by atoms with Crippen LogP contribution in [0.2, 0.25) is 0 Å². The Morgan fingerprint density at radius 1 is 0.902 bits per heavy atom. The number of nitrogens with zero attached hydrogens (tertiary/aromatic N) is 5. The van der Waals surface area contributed by atoms with Crippen LogP contribution in [0, 0.1) is 0 Å². The van der Waals surface area contributed by atoms with Crippen molar-refractivity contribution >= 4 is 53.7 Å². The number of likely N-dealkylation sites (tertiary alicyclic amines) is 1. The molecule has 2 aliphatic carbocycles. The number of rotatable bonds is 7. The van der Waals surface area contributed by atoms with E-state index in [1.54, 1.807) is 17.0 Å². The molecule has 0 radical (unpaired) electrons. The Labute approximate surface area is 253 Å². The number of benzene rings is 1. The Morgan fingerprint density at radius 2 is 1.56 bits per heavy atom. The van der Waals surface area contributed by atoms with Gasteiger partial charge in [0.05, 0.1) is 6.33 Å². The van der Waals surface area contributed by atoms with E-state index < -0.39 is 6.10 Å². The molecular weight excluding hydrogens is 563 g/mol. The highest BCUT2D eigenvalue weighted by Crippen LogP contribution is 2.34. The Balaban J connectivity index is 0.00000194. The molecule has 0 spiro atoms. The van der Waals surface area contributed by atoms with E-state index in [2.05, 4.69) is 15.2 Å². The number of halogens is 2. The van der Waals surface area contributed by atoms with Crippen LogP contribution in [-0.2, 0) is 4.79 Å². The lowest BCUT2D eigenvalue weighted by molar-refractivity contribution is -0.141. The smallest absolute Gasteiger partial charge is 0.256 e. The predicted octanol–water partition coefficient (Wildman–Crippen LogP) is 4.60. The molecular formula is C29H42Cl2N8O2. The molecule has 224 valence electrons. The number of anilines is 2. The zero-order valence-electron chi connectivity index (χ0n) is 23.3. The minimum absolute atomic E-state index is 0. The number of piperidine rings is 1. The van der Waals surface area contributed by atoms with E-state index >= 15 is 0 Å². The van der Waals surface area contributed by atoms with E-state index in [0.29, 0.717) is 42.7 Å². The standard InChI is InChI=1S/C29H40N8O2.2ClH/c30-20-10-12-21(13-11-20)33-29-34-26(24-27(35-29)37(18-31-24)23-8-4-5-9-23)32-22-14-16-36(17-15-22)28(39)25(38)19-6-2-1-3-7-19;;/h1-3,6-7,18,20-23,25,38H,4-5,8-17,30H2,(H2,32,33,34,35);2*1H/t20-,21-,25?;;. The van der Waals surface area contributed by atoms with E-state index in [0.717, 1.165) is 68.3 Å². The van der Waals surface area contributed by atoms with E-state index in [-0.39, 0.29) is 36.8 Å². The van der Waals surface area contributed by atoms with Crippen LogP contribution in [0.1, 0.15) is 81.9 Å². The van der Waals surface area contributed by atoms with Gasteiger partial charge >= 0.3 is 0 Å². The lowest BCUT2D eigenvalue weighted by atomic mass is 9.92. The first-order chi connectivity index (χ1) is 19.0. The Bertz CT molecular complexity index is 1270. The molecule has 1 saturated heterocycles. The molecule has 3 fully saturated rings. The van der Waals surface area contributed by atoms with E-state index in [1.807, 2.05) is 24.5 Å². The number of aliphatic hydroxyl groups is 1. The molecule has 10 nitrogen and oxygen atoms in total. The number of carbonyl (C=O) groups excluding carboxylic acids is 1. The van der Waals surface area contributed by atoms with Crippen molar-refractivity contribution in [1.82, 2.24) is 24.4 Å². The van der Waals surface area contributed by atoms with Crippen LogP contribution in [0.25, 0.3) is 11.2 Å². The number of aromatic nitrogens is 4. The third kappa shape index (κ3) is 7.05. The minimum Gasteiger partial charge on any atom is -0.378 e. The molecule has 1 aliphatic heterocycles. The summed E-state index contributed by atoms with van der Waals surface area (Å²) in [5, 5.41) is 17.8. The normalized spacial score (nSPS) is 22.5. The van der Waals surface area contributed by atoms with Gasteiger partial charge in [-0.3, -0.25) is 4.79 Å². The van der Waals surface area contributed by atoms with Crippen LogP contribution in [0.3, 0.4) is 0 Å². The number of fused-ring (bicyclic) bond motifs is 1. The number of hydrogen-bond acceptors (Lipinski definition) is 8. The van der Waals surface area contributed by atoms with Gasteiger partial charge in [-0.2, -0.15) is 9.97 Å². The highest BCUT2D eigenvalue weighted by atomic mass is 35.5. The second-order valence-electron chi connectivity index (χ2n) is 11.5. The number of aliphatic hydroxyl groups excluding tert-OH is 1. The number of hydrogen-bond donors (Lipinski definition) is 4. The fraction of sp³-hybridized carbons (Fsp3) is 0.586. The van der Waals surface area contributed by atoms with Gasteiger partial charge < -0.3 is 30.9 Å². The van der Waals surface area contributed by atoms with Crippen LogP contribution in [-0.4, -0.2) is 66.6 Å². The highest BCUT2D eigenvalue weighted by molar-refractivity contribution is 5.86. The van der Waals surface area contributed by atoms with Gasteiger partial charge in [0.2, 0.25) is 5.95 Å². The molecule has 12 heteroatoms. The zero-order chi connectivity index (χ0) is 26.8. The summed E-state index contributed by atoms with van der Waals surface area (Å²) in [5.74, 6) is 1.16. The molecule has 41 heavy (non-hydrogen) atoms. The van der Waals surface area contributed by atoms with Gasteiger partial charge in [-0.1, -0.05) is 43.2 Å². The molecule has 1 unspecified atom stereocenters. The lowest BCUT2D eigenvalue weighted by Crippen LogP contribution is -2.44. The molecule has 6 rings (SSSR count). The van der Waals surface area contributed by atoms with E-state index in [9.17, 15) is 9.90 Å². The van der Waals surface area contributed by atoms with Crippen LogP contribution < -0.4 is 16.4 Å². The van der Waals surface area contributed by atoms with Crippen molar-refractivity contribution in [2.24, 2.45) is 5.73 Å². The average molecular weight is 606 g/mol. The molecule has 1 amide bonds. The Hall–Kier alpha value is -2.66. The zero-order valence-corrected chi connectivity index (χ0v) is 25.0. The summed E-state index contributed by atoms with van der Waals surface area (Å²) in [6, 6.07) is 10.3. The predicted molar refractivity (Wildman–Crippen MR) is 166 cm³/mol. The highest BCUT2D eigenvalue weighted by Gasteiger charge is 2.29. The maximum absolute atomic E-state index is 12.9. The molecule has 1 aromatic carbocycles. The van der Waals surface area contributed by atoms with Crippen LogP contribution in [0.4, 0.5) is 11.8 Å². The molecule has 0 bridgehead atoms. The van der Waals surface area contributed by atoms with Crippen LogP contribution in [0.15, 0.2) is 36.7 Å². The van der Waals surface area contributed by atoms with Crippen LogP contribution in [0.5, 0.6) is 0 Å². The molecule has 3 aliphatic rings. The number of carbonyl (C=O) groups is 1. The van der Waals surface area contributed by atoms with Crippen molar-refractivity contribution in [2.75, 3.05) is 23.7 Å². The third-order valence-electron chi connectivity index (χ3n) is 8.74. The largest absolute Gasteiger partial charge is 0.378 e. The fourth-order valence-electron chi connectivity index (χ4n) is 6.37. The molecule has 2 aromatic heterocycles. The summed E-state index contributed by atoms with van der Waals surface area (Å²) in [6.07, 6.45) is 11.2. The first-order valence-corrected chi connectivity index (χ1v) is 14.6. The maximum Gasteiger partial charge on any atom is 0.256 e. The van der Waals surface area contributed by atoms with Gasteiger partial charge in [-0.25, -0.2) is 4.98 Å². The van der Waals surface area contributed by atoms with Crippen molar-refractivity contribution in [1.29, 1.82) is 0 Å². The van der Waals surface area contributed by atoms with Crippen molar-refractivity contribution in [3.63, 3.8) is 0 Å². The second-order valence-corrected chi connectivity index (χ2v) is 11.5. The van der Waals surface area contributed by atoms with E-state index in [1.165, 1.54) is 12.8 Å². The van der Waals surface area contributed by atoms with Gasteiger partial charge in [0.1, 0.15) is 0 Å². The third-order valence-corrected chi connectivity index (χ3v) is 8.74. The summed E-state index contributed by atoms with van der Waals surface area (Å²) in [7, 11) is 0. The van der Waals surface area contributed by atoms with Gasteiger partial charge in [-0.05, 0) is 56.9 Å². The molecule has 2 saturated carbocycles. The molecule has 3 heterocycles. The number of nitrogens with two attached hydrogens (primary N) is 1. The van der Waals surface area contributed by atoms with Crippen molar-refractivity contribution in [3.8, 4) is 0 Å². The Kier molecular flexibility index (Phi) is 10.7. The van der Waals surface area contributed by atoms with Gasteiger partial charge in [0, 0.05) is 37.3 Å². The summed E-state index contributed by atoms with van der Waals surface area (Å²) in [5.41, 5.74) is 8.44. The lowest BCUT2D eigenvalue weighted by Gasteiger charge is -2.34. The quantitative estimate of drug-likeness (QED) is 0.307. The summed E-state index contributed by atoms with van der Waals surface area (Å²) in [6.45, 7) is 1.16. The minimum atomic E-state index is -1.13. The van der Waals surface area contributed by atoms with Gasteiger partial charge in [0.25, 0.3) is 5.91 Å². The number of nitrogens with one attached hydrogen (secondary N) is 2. The molecule has 5 N–H and O–H groups in total. The fourth-order valence-corrected chi connectivity index (χ4v) is 6.37. The number of amides is 1. The van der Waals surface area contributed by atoms with Gasteiger partial charge in [0.15, 0.2) is 23.1 Å². The first-order valence-electron chi connectivity index (χ1n) is 14.6. The monoisotopic (exact) mass is 604 g/mol. The summed E-state index contributed by atoms with van der Waals surface area (Å²) >= 11 is 0. The SMILES string of the molecule is Cl.Cl.N[C@H]1CC[C@H](Nc2nc(NC3CCN(C(=O)C(O)c4ccccc4)CC3)c3ncn(C4CCCC4)c3n2)CC1. The topological polar surface area (TPSA) is 134 Å². The van der Waals surface area contributed by atoms with Crippen molar-refractivity contribution in [3.05, 3.63) is 42.2 Å². The van der Waals surface area contributed by atoms with Crippen LogP contribution >= 0.6 is 24.8 Å². The van der Waals surface area contributed by atoms with Crippen molar-refractivity contribution in [2.45, 2.75) is 94.5 Å². The average Bonchev–Trinajstić information content (AvgIpc) is 3.65. The Morgan fingerprint density at radius 3 is 2.24 bits per heavy atom. The molecule has 3 aromatic rings.